The van der Waals surface area contributed by atoms with Crippen LogP contribution < -0.4 is 5.73 Å². The molecule has 2 aromatic heterocycles. The Bertz CT molecular complexity index is 752. The van der Waals surface area contributed by atoms with Gasteiger partial charge in [0.2, 0.25) is 0 Å². The van der Waals surface area contributed by atoms with Gasteiger partial charge in [-0.1, -0.05) is 0 Å². The normalized spacial score (nSPS) is 10.7. The summed E-state index contributed by atoms with van der Waals surface area (Å²) >= 11 is 6.83. The quantitative estimate of drug-likeness (QED) is 0.676. The molecule has 7 heteroatoms. The molecule has 2 heterocycles. The molecule has 0 radical (unpaired) electrons. The van der Waals surface area contributed by atoms with E-state index in [2.05, 4.69) is 46.9 Å². The molecule has 0 atom stereocenters. The van der Waals surface area contributed by atoms with Gasteiger partial charge in [-0.2, -0.15) is 0 Å². The highest BCUT2D eigenvalue weighted by Crippen LogP contribution is 2.23. The molecule has 0 unspecified atom stereocenters. The predicted octanol–water partition coefficient (Wildman–Crippen LogP) is 3.44. The molecule has 0 fully saturated rings. The Morgan fingerprint density at radius 1 is 1.05 bits per heavy atom. The van der Waals surface area contributed by atoms with E-state index in [0.717, 1.165) is 14.5 Å². The van der Waals surface area contributed by atoms with E-state index in [-0.39, 0.29) is 0 Å². The highest BCUT2D eigenvalue weighted by Gasteiger charge is 2.09. The number of aromatic nitrogens is 4. The van der Waals surface area contributed by atoms with Crippen LogP contribution in [0.15, 0.2) is 51.8 Å². The van der Waals surface area contributed by atoms with Crippen molar-refractivity contribution in [2.75, 3.05) is 5.73 Å². The van der Waals surface area contributed by atoms with Gasteiger partial charge in [-0.05, 0) is 62.2 Å². The molecule has 1 aromatic carbocycles. The van der Waals surface area contributed by atoms with Gasteiger partial charge in [0, 0.05) is 21.9 Å². The Morgan fingerprint density at radius 2 is 1.80 bits per heavy atom. The van der Waals surface area contributed by atoms with Crippen LogP contribution in [0.2, 0.25) is 0 Å². The molecule has 2 N–H and O–H groups in total. The van der Waals surface area contributed by atoms with Crippen LogP contribution in [0, 0.1) is 0 Å². The Labute approximate surface area is 132 Å². The van der Waals surface area contributed by atoms with Gasteiger partial charge in [-0.15, -0.1) is 5.10 Å². The van der Waals surface area contributed by atoms with Crippen molar-refractivity contribution >= 4 is 37.5 Å². The van der Waals surface area contributed by atoms with Gasteiger partial charge < -0.3 is 5.73 Å². The number of rotatable bonds is 2. The maximum absolute atomic E-state index is 5.67. The van der Waals surface area contributed by atoms with E-state index >= 15 is 0 Å². The summed E-state index contributed by atoms with van der Waals surface area (Å²) in [7, 11) is 0. The minimum Gasteiger partial charge on any atom is -0.399 e. The van der Waals surface area contributed by atoms with Crippen molar-refractivity contribution in [1.82, 2.24) is 19.7 Å². The van der Waals surface area contributed by atoms with Crippen molar-refractivity contribution in [1.29, 1.82) is 0 Å². The third-order valence-electron chi connectivity index (χ3n) is 2.67. The molecule has 0 saturated heterocycles. The van der Waals surface area contributed by atoms with Gasteiger partial charge in [0.25, 0.3) is 0 Å². The van der Waals surface area contributed by atoms with E-state index in [1.165, 1.54) is 0 Å². The van der Waals surface area contributed by atoms with E-state index in [1.54, 1.807) is 17.2 Å². The first-order valence-electron chi connectivity index (χ1n) is 5.72. The molecule has 0 saturated carbocycles. The molecular formula is C13H9Br2N5. The Morgan fingerprint density at radius 3 is 2.50 bits per heavy atom. The number of nitrogens with zero attached hydrogens (tertiary/aromatic N) is 4. The summed E-state index contributed by atoms with van der Waals surface area (Å²) in [4.78, 5) is 8.61. The zero-order chi connectivity index (χ0) is 14.1. The summed E-state index contributed by atoms with van der Waals surface area (Å²) in [5, 5.41) is 4.43. The predicted molar refractivity (Wildman–Crippen MR) is 84.4 cm³/mol. The third kappa shape index (κ3) is 2.59. The van der Waals surface area contributed by atoms with Gasteiger partial charge in [0.05, 0.1) is 4.47 Å². The lowest BCUT2D eigenvalue weighted by Gasteiger charge is -2.02. The van der Waals surface area contributed by atoms with Crippen LogP contribution >= 0.6 is 31.9 Å². The molecule has 0 bridgehead atoms. The first-order valence-corrected chi connectivity index (χ1v) is 7.31. The number of hydrogen-bond acceptors (Lipinski definition) is 4. The molecular weight excluding hydrogens is 386 g/mol. The van der Waals surface area contributed by atoms with Crippen molar-refractivity contribution in [3.8, 4) is 17.2 Å². The summed E-state index contributed by atoms with van der Waals surface area (Å²) in [5.41, 5.74) is 7.29. The number of hydrogen-bond donors (Lipinski definition) is 1. The number of halogens is 2. The van der Waals surface area contributed by atoms with Crippen molar-refractivity contribution in [2.45, 2.75) is 0 Å². The molecule has 0 aliphatic heterocycles. The van der Waals surface area contributed by atoms with E-state index in [9.17, 15) is 0 Å². The molecule has 3 aromatic rings. The molecule has 0 aliphatic rings. The van der Waals surface area contributed by atoms with Crippen molar-refractivity contribution in [3.05, 3.63) is 51.8 Å². The van der Waals surface area contributed by atoms with E-state index in [4.69, 9.17) is 5.73 Å². The van der Waals surface area contributed by atoms with Crippen LogP contribution in [0.1, 0.15) is 0 Å². The molecule has 100 valence electrons. The smallest absolute Gasteiger partial charge is 0.181 e. The summed E-state index contributed by atoms with van der Waals surface area (Å²) in [6.07, 6.45) is 3.34. The Hall–Kier alpha value is -1.73. The third-order valence-corrected chi connectivity index (χ3v) is 3.68. The van der Waals surface area contributed by atoms with Crippen molar-refractivity contribution < 1.29 is 0 Å². The topological polar surface area (TPSA) is 69.6 Å². The summed E-state index contributed by atoms with van der Waals surface area (Å²) in [6, 6.07) is 9.33. The van der Waals surface area contributed by atoms with Crippen molar-refractivity contribution in [2.24, 2.45) is 0 Å². The van der Waals surface area contributed by atoms with Gasteiger partial charge in [0.15, 0.2) is 11.6 Å². The second-order valence-corrected chi connectivity index (χ2v) is 5.86. The fourth-order valence-corrected chi connectivity index (χ4v) is 2.87. The average molecular weight is 395 g/mol. The second-order valence-electron chi connectivity index (χ2n) is 4.09. The van der Waals surface area contributed by atoms with E-state index in [1.807, 2.05) is 30.3 Å². The minimum absolute atomic E-state index is 0.626. The minimum atomic E-state index is 0.626. The van der Waals surface area contributed by atoms with Crippen LogP contribution in [-0.2, 0) is 0 Å². The summed E-state index contributed by atoms with van der Waals surface area (Å²) in [6.45, 7) is 0. The molecule has 20 heavy (non-hydrogen) atoms. The van der Waals surface area contributed by atoms with Gasteiger partial charge in [-0.25, -0.2) is 14.6 Å². The maximum atomic E-state index is 5.67. The largest absolute Gasteiger partial charge is 0.399 e. The highest BCUT2D eigenvalue weighted by molar-refractivity contribution is 9.11. The SMILES string of the molecule is Nc1ccc(-c2ncn(-c3ncc(Br)cc3Br)n2)cc1. The first-order chi connectivity index (χ1) is 9.63. The zero-order valence-electron chi connectivity index (χ0n) is 10.2. The number of pyridine rings is 1. The first kappa shape index (κ1) is 13.3. The highest BCUT2D eigenvalue weighted by atomic mass is 79.9. The number of benzene rings is 1. The van der Waals surface area contributed by atoms with Crippen LogP contribution in [0.25, 0.3) is 17.2 Å². The standard InChI is InChI=1S/C13H9Br2N5/c14-9-5-11(15)13(17-6-9)20-7-18-12(19-20)8-1-3-10(16)4-2-8/h1-7H,16H2. The molecule has 0 aliphatic carbocycles. The molecule has 5 nitrogen and oxygen atoms in total. The molecule has 0 spiro atoms. The lowest BCUT2D eigenvalue weighted by Crippen LogP contribution is -1.99. The van der Waals surface area contributed by atoms with E-state index in [0.29, 0.717) is 17.3 Å². The number of anilines is 1. The zero-order valence-corrected chi connectivity index (χ0v) is 13.3. The summed E-state index contributed by atoms with van der Waals surface area (Å²) < 4.78 is 3.36. The maximum Gasteiger partial charge on any atom is 0.181 e. The molecule has 3 rings (SSSR count). The summed E-state index contributed by atoms with van der Waals surface area (Å²) in [5.74, 6) is 1.31. The lowest BCUT2D eigenvalue weighted by atomic mass is 10.2. The fourth-order valence-electron chi connectivity index (χ4n) is 1.71. The van der Waals surface area contributed by atoms with Crippen LogP contribution in [0.4, 0.5) is 5.69 Å². The number of nitrogen functional groups attached to an aromatic ring is 1. The second kappa shape index (κ2) is 5.34. The molecule has 0 amide bonds. The van der Waals surface area contributed by atoms with Gasteiger partial charge in [0.1, 0.15) is 6.33 Å². The van der Waals surface area contributed by atoms with Gasteiger partial charge in [-0.3, -0.25) is 0 Å². The fraction of sp³-hybridized carbons (Fsp3) is 0. The van der Waals surface area contributed by atoms with Crippen LogP contribution in [0.3, 0.4) is 0 Å². The number of nitrogens with two attached hydrogens (primary N) is 1. The lowest BCUT2D eigenvalue weighted by molar-refractivity contribution is 0.841. The van der Waals surface area contributed by atoms with Gasteiger partial charge >= 0.3 is 0 Å². The Kier molecular flexibility index (Phi) is 3.54. The monoisotopic (exact) mass is 393 g/mol. The van der Waals surface area contributed by atoms with Crippen molar-refractivity contribution in [3.63, 3.8) is 0 Å². The average Bonchev–Trinajstić information content (AvgIpc) is 2.89. The van der Waals surface area contributed by atoms with Crippen LogP contribution in [-0.4, -0.2) is 19.7 Å². The Balaban J connectivity index is 1.99. The van der Waals surface area contributed by atoms with E-state index < -0.39 is 0 Å². The van der Waals surface area contributed by atoms with Crippen LogP contribution in [0.5, 0.6) is 0 Å².